The second-order valence-electron chi connectivity index (χ2n) is 8.72. The van der Waals surface area contributed by atoms with E-state index in [0.717, 1.165) is 15.7 Å². The molecule has 9 heteroatoms. The summed E-state index contributed by atoms with van der Waals surface area (Å²) >= 11 is 3.44. The Morgan fingerprint density at radius 2 is 2.06 bits per heavy atom. The van der Waals surface area contributed by atoms with Crippen LogP contribution < -0.4 is 5.32 Å². The molecule has 166 valence electrons. The fourth-order valence-corrected chi connectivity index (χ4v) is 4.49. The Labute approximate surface area is 189 Å². The van der Waals surface area contributed by atoms with E-state index in [0.29, 0.717) is 18.0 Å². The van der Waals surface area contributed by atoms with E-state index < -0.39 is 23.8 Å². The van der Waals surface area contributed by atoms with Crippen LogP contribution in [0.4, 0.5) is 0 Å². The van der Waals surface area contributed by atoms with Crippen molar-refractivity contribution >= 4 is 27.7 Å². The number of likely N-dealkylation sites (tertiary alicyclic amines) is 1. The minimum Gasteiger partial charge on any atom is -0.391 e. The van der Waals surface area contributed by atoms with Crippen molar-refractivity contribution in [3.8, 4) is 0 Å². The highest BCUT2D eigenvalue weighted by atomic mass is 79.9. The molecule has 0 bridgehead atoms. The molecule has 0 radical (unpaired) electrons. The van der Waals surface area contributed by atoms with Crippen molar-refractivity contribution in [1.29, 1.82) is 0 Å². The molecule has 1 fully saturated rings. The number of amides is 1. The molecule has 1 aromatic heterocycles. The highest BCUT2D eigenvalue weighted by Gasteiger charge is 2.46. The molecule has 2 N–H and O–H groups in total. The number of rotatable bonds is 5. The van der Waals surface area contributed by atoms with Crippen LogP contribution in [0.1, 0.15) is 50.1 Å². The van der Waals surface area contributed by atoms with Crippen molar-refractivity contribution in [2.75, 3.05) is 6.54 Å². The lowest BCUT2D eigenvalue weighted by Gasteiger charge is -2.30. The number of β-amino-alcohol motifs (C(OH)–C–C–N with tert-alkyl or cyclic N) is 1. The third kappa shape index (κ3) is 4.21. The number of aryl methyl sites for hydroxylation is 1. The van der Waals surface area contributed by atoms with Gasteiger partial charge in [0.1, 0.15) is 11.7 Å². The summed E-state index contributed by atoms with van der Waals surface area (Å²) in [4.78, 5) is 21.0. The van der Waals surface area contributed by atoms with E-state index in [-0.39, 0.29) is 18.4 Å². The van der Waals surface area contributed by atoms with Gasteiger partial charge in [0.15, 0.2) is 5.84 Å². The van der Waals surface area contributed by atoms with Crippen molar-refractivity contribution in [2.24, 2.45) is 11.1 Å². The van der Waals surface area contributed by atoms with Gasteiger partial charge in [0, 0.05) is 36.0 Å². The molecule has 2 aliphatic heterocycles. The molecular weight excluding hydrogens is 464 g/mol. The number of benzene rings is 1. The number of hydrogen-bond acceptors (Lipinski definition) is 7. The van der Waals surface area contributed by atoms with Crippen molar-refractivity contribution in [1.82, 2.24) is 15.4 Å². The average molecular weight is 491 g/mol. The van der Waals surface area contributed by atoms with Gasteiger partial charge in [-0.05, 0) is 25.0 Å². The first-order valence-corrected chi connectivity index (χ1v) is 11.2. The number of nitrogens with one attached hydrogen (secondary N) is 1. The number of aliphatic hydroxyl groups excluding tert-OH is 1. The molecule has 31 heavy (non-hydrogen) atoms. The average Bonchev–Trinajstić information content (AvgIpc) is 3.41. The zero-order valence-corrected chi connectivity index (χ0v) is 19.6. The molecule has 1 saturated heterocycles. The van der Waals surface area contributed by atoms with Crippen LogP contribution in [-0.4, -0.2) is 45.6 Å². The molecule has 0 unspecified atom stereocenters. The third-order valence-corrected chi connectivity index (χ3v) is 6.38. The summed E-state index contributed by atoms with van der Waals surface area (Å²) in [6, 6.07) is 9.15. The minimum atomic E-state index is -0.849. The van der Waals surface area contributed by atoms with Gasteiger partial charge < -0.3 is 24.7 Å². The molecule has 8 nitrogen and oxygen atoms in total. The van der Waals surface area contributed by atoms with E-state index in [1.54, 1.807) is 11.0 Å². The Morgan fingerprint density at radius 1 is 1.35 bits per heavy atom. The van der Waals surface area contributed by atoms with Gasteiger partial charge in [-0.25, -0.2) is 0 Å². The van der Waals surface area contributed by atoms with Gasteiger partial charge in [0.25, 0.3) is 0 Å². The van der Waals surface area contributed by atoms with E-state index in [2.05, 4.69) is 31.6 Å². The molecule has 4 rings (SSSR count). The topological polar surface area (TPSA) is 100 Å². The number of amidine groups is 1. The van der Waals surface area contributed by atoms with Gasteiger partial charge in [-0.3, -0.25) is 4.79 Å². The lowest BCUT2D eigenvalue weighted by molar-refractivity contribution is -0.134. The summed E-state index contributed by atoms with van der Waals surface area (Å²) in [5.41, 5.74) is 0.785. The number of aliphatic hydroxyl groups is 1. The molecule has 3 heterocycles. The summed E-state index contributed by atoms with van der Waals surface area (Å²) in [5.74, 6) is 0.465. The maximum absolute atomic E-state index is 13.6. The first-order chi connectivity index (χ1) is 14.7. The standard InChI is InChI=1S/C22H27BrN4O4/c1-12(2)19(18-9-13(3)25-30-18)21(29)27-11-16(28)10-17(27)20-24-22(4,31-26-20)14-5-7-15(23)8-6-14/h5-9,12,16-17,19,28H,10-11H2,1-4H3,(H,24,26)/t16-,17+,19+,22+/m1/s1. The van der Waals surface area contributed by atoms with Crippen LogP contribution in [0.5, 0.6) is 0 Å². The molecule has 0 aliphatic carbocycles. The van der Waals surface area contributed by atoms with Gasteiger partial charge in [0.05, 0.1) is 17.8 Å². The lowest BCUT2D eigenvalue weighted by Crippen LogP contribution is -2.50. The second kappa shape index (κ2) is 8.27. The maximum Gasteiger partial charge on any atom is 0.234 e. The number of hydrogen-bond donors (Lipinski definition) is 2. The van der Waals surface area contributed by atoms with Gasteiger partial charge in [-0.15, -0.1) is 0 Å². The zero-order chi connectivity index (χ0) is 22.3. The molecule has 2 aliphatic rings. The Hall–Kier alpha value is -2.39. The van der Waals surface area contributed by atoms with Crippen molar-refractivity contribution in [3.63, 3.8) is 0 Å². The van der Waals surface area contributed by atoms with E-state index in [1.807, 2.05) is 52.0 Å². The summed E-state index contributed by atoms with van der Waals surface area (Å²) in [5, 5.41) is 21.9. The molecule has 2 aromatic rings. The van der Waals surface area contributed by atoms with Crippen LogP contribution in [0, 0.1) is 12.8 Å². The second-order valence-corrected chi connectivity index (χ2v) is 9.64. The van der Waals surface area contributed by atoms with Gasteiger partial charge in [0.2, 0.25) is 11.6 Å². The first-order valence-electron chi connectivity index (χ1n) is 10.4. The zero-order valence-electron chi connectivity index (χ0n) is 18.0. The van der Waals surface area contributed by atoms with Gasteiger partial charge >= 0.3 is 0 Å². The maximum atomic E-state index is 13.6. The van der Waals surface area contributed by atoms with E-state index >= 15 is 0 Å². The summed E-state index contributed by atoms with van der Waals surface area (Å²) in [7, 11) is 0. The largest absolute Gasteiger partial charge is 0.391 e. The lowest BCUT2D eigenvalue weighted by atomic mass is 9.91. The monoisotopic (exact) mass is 490 g/mol. The van der Waals surface area contributed by atoms with Crippen LogP contribution in [0.15, 0.2) is 44.5 Å². The number of halogens is 1. The summed E-state index contributed by atoms with van der Waals surface area (Å²) in [6.07, 6.45) is -0.250. The Balaban J connectivity index is 1.57. The summed E-state index contributed by atoms with van der Waals surface area (Å²) in [6.45, 7) is 7.89. The van der Waals surface area contributed by atoms with E-state index in [9.17, 15) is 9.90 Å². The highest BCUT2D eigenvalue weighted by molar-refractivity contribution is 9.10. The SMILES string of the molecule is Cc1cc([C@@H](C(=O)N2C[C@H](O)C[C@H]2C2=NO[C@@](C)(c3ccc(Br)cc3)N2)C(C)C)on1. The molecule has 0 saturated carbocycles. The molecule has 0 spiro atoms. The predicted molar refractivity (Wildman–Crippen MR) is 118 cm³/mol. The molecule has 1 aromatic carbocycles. The number of oxime groups is 1. The quantitative estimate of drug-likeness (QED) is 0.666. The van der Waals surface area contributed by atoms with Crippen molar-refractivity contribution < 1.29 is 19.3 Å². The Kier molecular flexibility index (Phi) is 5.83. The number of nitrogens with zero attached hydrogens (tertiary/aromatic N) is 3. The van der Waals surface area contributed by atoms with E-state index in [4.69, 9.17) is 9.36 Å². The third-order valence-electron chi connectivity index (χ3n) is 5.85. The van der Waals surface area contributed by atoms with Crippen LogP contribution in [0.2, 0.25) is 0 Å². The Bertz CT molecular complexity index is 990. The van der Waals surface area contributed by atoms with E-state index in [1.165, 1.54) is 0 Å². The van der Waals surface area contributed by atoms with Crippen molar-refractivity contribution in [2.45, 2.75) is 57.9 Å². The predicted octanol–water partition coefficient (Wildman–Crippen LogP) is 3.25. The number of carbonyl (C=O) groups excluding carboxylic acids is 1. The van der Waals surface area contributed by atoms with Crippen molar-refractivity contribution in [3.05, 3.63) is 51.8 Å². The van der Waals surface area contributed by atoms with Gasteiger partial charge in [-0.2, -0.15) is 0 Å². The fraction of sp³-hybridized carbons (Fsp3) is 0.500. The Morgan fingerprint density at radius 3 is 2.68 bits per heavy atom. The highest BCUT2D eigenvalue weighted by Crippen LogP contribution is 2.34. The number of aromatic nitrogens is 1. The fourth-order valence-electron chi connectivity index (χ4n) is 4.23. The normalized spacial score (nSPS) is 26.5. The molecule has 4 atom stereocenters. The smallest absolute Gasteiger partial charge is 0.234 e. The minimum absolute atomic E-state index is 0.000926. The number of carbonyl (C=O) groups is 1. The van der Waals surface area contributed by atoms with Crippen LogP contribution in [-0.2, 0) is 15.4 Å². The molecular formula is C22H27BrN4O4. The summed E-state index contributed by atoms with van der Waals surface area (Å²) < 4.78 is 6.39. The molecule has 1 amide bonds. The van der Waals surface area contributed by atoms with Gasteiger partial charge in [-0.1, -0.05) is 52.2 Å². The first kappa shape index (κ1) is 21.8. The van der Waals surface area contributed by atoms with Crippen LogP contribution in [0.25, 0.3) is 0 Å². The van der Waals surface area contributed by atoms with Crippen LogP contribution in [0.3, 0.4) is 0 Å². The van der Waals surface area contributed by atoms with Crippen LogP contribution >= 0.6 is 15.9 Å².